The van der Waals surface area contributed by atoms with Gasteiger partial charge in [-0.1, -0.05) is 42.5 Å². The number of nitrogens with zero attached hydrogens (tertiary/aromatic N) is 2. The largest absolute Gasteiger partial charge is 0.490 e. The third-order valence-corrected chi connectivity index (χ3v) is 5.38. The molecule has 0 aliphatic carbocycles. The van der Waals surface area contributed by atoms with E-state index in [9.17, 15) is 9.59 Å². The summed E-state index contributed by atoms with van der Waals surface area (Å²) in [5, 5.41) is 9.60. The van der Waals surface area contributed by atoms with Crippen molar-refractivity contribution in [2.24, 2.45) is 0 Å². The maximum atomic E-state index is 12.5. The molecule has 0 spiro atoms. The SMILES string of the molecule is Cc1cccc(OC2CCN(C(=O)CNC(=O)c3cc(-c4ccccc4)[nH]n3)CC2)c1. The summed E-state index contributed by atoms with van der Waals surface area (Å²) in [4.78, 5) is 26.7. The summed E-state index contributed by atoms with van der Waals surface area (Å²) in [6.45, 7) is 3.22. The summed E-state index contributed by atoms with van der Waals surface area (Å²) in [6.07, 6.45) is 1.64. The number of aromatic amines is 1. The molecule has 0 unspecified atom stereocenters. The van der Waals surface area contributed by atoms with Crippen LogP contribution in [0.1, 0.15) is 28.9 Å². The van der Waals surface area contributed by atoms with Crippen LogP contribution in [0.3, 0.4) is 0 Å². The highest BCUT2D eigenvalue weighted by atomic mass is 16.5. The third-order valence-electron chi connectivity index (χ3n) is 5.38. The molecular weight excluding hydrogens is 392 g/mol. The van der Waals surface area contributed by atoms with Crippen LogP contribution in [0.15, 0.2) is 60.7 Å². The molecule has 160 valence electrons. The fraction of sp³-hybridized carbons (Fsp3) is 0.292. The number of aryl methyl sites for hydroxylation is 1. The van der Waals surface area contributed by atoms with Gasteiger partial charge >= 0.3 is 0 Å². The highest BCUT2D eigenvalue weighted by Gasteiger charge is 2.24. The maximum Gasteiger partial charge on any atom is 0.272 e. The van der Waals surface area contributed by atoms with Crippen molar-refractivity contribution in [1.29, 1.82) is 0 Å². The van der Waals surface area contributed by atoms with Crippen molar-refractivity contribution >= 4 is 11.8 Å². The minimum Gasteiger partial charge on any atom is -0.490 e. The number of aromatic nitrogens is 2. The van der Waals surface area contributed by atoms with E-state index in [1.165, 1.54) is 0 Å². The molecule has 7 heteroatoms. The summed E-state index contributed by atoms with van der Waals surface area (Å²) < 4.78 is 6.04. The number of carbonyl (C=O) groups excluding carboxylic acids is 2. The van der Waals surface area contributed by atoms with Gasteiger partial charge in [-0.15, -0.1) is 0 Å². The van der Waals surface area contributed by atoms with Gasteiger partial charge in [-0.2, -0.15) is 5.10 Å². The van der Waals surface area contributed by atoms with Crippen molar-refractivity contribution in [1.82, 2.24) is 20.4 Å². The van der Waals surface area contributed by atoms with E-state index in [2.05, 4.69) is 15.5 Å². The zero-order valence-electron chi connectivity index (χ0n) is 17.5. The number of hydrogen-bond donors (Lipinski definition) is 2. The van der Waals surface area contributed by atoms with Gasteiger partial charge in [0.1, 0.15) is 11.9 Å². The second-order valence-electron chi connectivity index (χ2n) is 7.73. The lowest BCUT2D eigenvalue weighted by Crippen LogP contribution is -2.46. The van der Waals surface area contributed by atoms with Crippen molar-refractivity contribution in [3.8, 4) is 17.0 Å². The molecule has 2 aromatic carbocycles. The molecule has 7 nitrogen and oxygen atoms in total. The first-order valence-corrected chi connectivity index (χ1v) is 10.5. The molecule has 0 bridgehead atoms. The summed E-state index contributed by atoms with van der Waals surface area (Å²) in [6, 6.07) is 19.3. The van der Waals surface area contributed by atoms with Crippen molar-refractivity contribution in [3.63, 3.8) is 0 Å². The Kier molecular flexibility index (Phi) is 6.31. The highest BCUT2D eigenvalue weighted by Crippen LogP contribution is 2.20. The van der Waals surface area contributed by atoms with Crippen LogP contribution in [-0.2, 0) is 4.79 Å². The van der Waals surface area contributed by atoms with E-state index in [-0.39, 0.29) is 30.2 Å². The van der Waals surface area contributed by atoms with Gasteiger partial charge in [0.2, 0.25) is 5.91 Å². The van der Waals surface area contributed by atoms with E-state index in [1.54, 1.807) is 11.0 Å². The lowest BCUT2D eigenvalue weighted by atomic mass is 10.1. The van der Waals surface area contributed by atoms with Crippen molar-refractivity contribution in [2.45, 2.75) is 25.9 Å². The third kappa shape index (κ3) is 5.31. The molecule has 2 amide bonds. The zero-order chi connectivity index (χ0) is 21.6. The molecule has 3 aromatic rings. The Labute approximate surface area is 181 Å². The Morgan fingerprint density at radius 3 is 2.61 bits per heavy atom. The van der Waals surface area contributed by atoms with Gasteiger partial charge < -0.3 is 15.0 Å². The van der Waals surface area contributed by atoms with E-state index in [4.69, 9.17) is 4.74 Å². The number of nitrogens with one attached hydrogen (secondary N) is 2. The second-order valence-corrected chi connectivity index (χ2v) is 7.73. The molecule has 1 aromatic heterocycles. The predicted octanol–water partition coefficient (Wildman–Crippen LogP) is 3.18. The lowest BCUT2D eigenvalue weighted by molar-refractivity contribution is -0.131. The molecule has 1 aliphatic rings. The smallest absolute Gasteiger partial charge is 0.272 e. The van der Waals surface area contributed by atoms with E-state index in [0.717, 1.165) is 35.4 Å². The number of ether oxygens (including phenoxy) is 1. The quantitative estimate of drug-likeness (QED) is 0.644. The topological polar surface area (TPSA) is 87.3 Å². The first-order chi connectivity index (χ1) is 15.1. The average molecular weight is 418 g/mol. The van der Waals surface area contributed by atoms with Gasteiger partial charge in [-0.05, 0) is 36.2 Å². The number of amides is 2. The monoisotopic (exact) mass is 418 g/mol. The van der Waals surface area contributed by atoms with Crippen LogP contribution in [-0.4, -0.2) is 52.6 Å². The Balaban J connectivity index is 1.23. The van der Waals surface area contributed by atoms with Gasteiger partial charge in [-0.25, -0.2) is 0 Å². The first kappa shape index (κ1) is 20.7. The maximum absolute atomic E-state index is 12.5. The summed E-state index contributed by atoms with van der Waals surface area (Å²) in [5.74, 6) is 0.400. The fourth-order valence-electron chi connectivity index (χ4n) is 3.67. The van der Waals surface area contributed by atoms with Gasteiger partial charge in [0.05, 0.1) is 12.2 Å². The van der Waals surface area contributed by atoms with E-state index in [0.29, 0.717) is 13.1 Å². The minimum absolute atomic E-state index is 0.0459. The molecule has 4 rings (SSSR count). The van der Waals surface area contributed by atoms with Crippen LogP contribution in [0.2, 0.25) is 0 Å². The van der Waals surface area contributed by atoms with Gasteiger partial charge in [0, 0.05) is 25.9 Å². The molecule has 0 atom stereocenters. The molecule has 1 fully saturated rings. The second kappa shape index (κ2) is 9.47. The van der Waals surface area contributed by atoms with Crippen molar-refractivity contribution < 1.29 is 14.3 Å². The van der Waals surface area contributed by atoms with Gasteiger partial charge in [0.25, 0.3) is 5.91 Å². The molecule has 2 N–H and O–H groups in total. The van der Waals surface area contributed by atoms with Crippen molar-refractivity contribution in [3.05, 3.63) is 71.9 Å². The Hall–Kier alpha value is -3.61. The number of H-pyrrole nitrogens is 1. The Bertz CT molecular complexity index is 1040. The van der Waals surface area contributed by atoms with Crippen molar-refractivity contribution in [2.75, 3.05) is 19.6 Å². The summed E-state index contributed by atoms with van der Waals surface area (Å²) >= 11 is 0. The Morgan fingerprint density at radius 2 is 1.87 bits per heavy atom. The van der Waals surface area contributed by atoms with E-state index < -0.39 is 0 Å². The number of benzene rings is 2. The minimum atomic E-state index is -0.371. The van der Waals surface area contributed by atoms with Crippen LogP contribution in [0.25, 0.3) is 11.3 Å². The van der Waals surface area contributed by atoms with Gasteiger partial charge in [0.15, 0.2) is 5.69 Å². The normalized spacial score (nSPS) is 14.3. The molecule has 1 aliphatic heterocycles. The van der Waals surface area contributed by atoms with Crippen LogP contribution >= 0.6 is 0 Å². The van der Waals surface area contributed by atoms with E-state index >= 15 is 0 Å². The summed E-state index contributed by atoms with van der Waals surface area (Å²) in [5.41, 5.74) is 3.12. The molecule has 31 heavy (non-hydrogen) atoms. The van der Waals surface area contributed by atoms with Crippen LogP contribution in [0.5, 0.6) is 5.75 Å². The van der Waals surface area contributed by atoms with Crippen LogP contribution in [0.4, 0.5) is 0 Å². The average Bonchev–Trinajstić information content (AvgIpc) is 3.29. The summed E-state index contributed by atoms with van der Waals surface area (Å²) in [7, 11) is 0. The molecule has 1 saturated heterocycles. The lowest BCUT2D eigenvalue weighted by Gasteiger charge is -2.32. The molecule has 0 radical (unpaired) electrons. The zero-order valence-corrected chi connectivity index (χ0v) is 17.5. The number of hydrogen-bond acceptors (Lipinski definition) is 4. The fourth-order valence-corrected chi connectivity index (χ4v) is 3.67. The molecule has 2 heterocycles. The standard InChI is InChI=1S/C24H26N4O3/c1-17-6-5-9-20(14-17)31-19-10-12-28(13-11-19)23(29)16-25-24(30)22-15-21(26-27-22)18-7-3-2-4-8-18/h2-9,14-15,19H,10-13,16H2,1H3,(H,25,30)(H,26,27). The molecule has 0 saturated carbocycles. The number of rotatable bonds is 6. The van der Waals surface area contributed by atoms with Crippen LogP contribution in [0, 0.1) is 6.92 Å². The van der Waals surface area contributed by atoms with E-state index in [1.807, 2.05) is 61.5 Å². The van der Waals surface area contributed by atoms with Crippen LogP contribution < -0.4 is 10.1 Å². The Morgan fingerprint density at radius 1 is 1.10 bits per heavy atom. The molecular formula is C24H26N4O3. The number of carbonyl (C=O) groups is 2. The van der Waals surface area contributed by atoms with Gasteiger partial charge in [-0.3, -0.25) is 14.7 Å². The first-order valence-electron chi connectivity index (χ1n) is 10.5. The number of piperidine rings is 1. The number of likely N-dealkylation sites (tertiary alicyclic amines) is 1. The predicted molar refractivity (Wildman–Crippen MR) is 118 cm³/mol. The highest BCUT2D eigenvalue weighted by molar-refractivity contribution is 5.95.